The zero-order valence-corrected chi connectivity index (χ0v) is 14.4. The molecule has 1 aromatic carbocycles. The van der Waals surface area contributed by atoms with E-state index in [0.29, 0.717) is 17.9 Å². The van der Waals surface area contributed by atoms with E-state index in [0.717, 1.165) is 21.7 Å². The zero-order chi connectivity index (χ0) is 17.7. The van der Waals surface area contributed by atoms with Gasteiger partial charge in [0.1, 0.15) is 0 Å². The number of carbonyl (C=O) groups is 1. The van der Waals surface area contributed by atoms with Crippen LogP contribution in [0, 0.1) is 0 Å². The third kappa shape index (κ3) is 2.30. The molecule has 0 radical (unpaired) electrons. The van der Waals surface area contributed by atoms with Crippen LogP contribution >= 0.6 is 11.3 Å². The quantitative estimate of drug-likeness (QED) is 0.582. The average Bonchev–Trinajstić information content (AvgIpc) is 3.34. The second kappa shape index (κ2) is 5.70. The Hall–Kier alpha value is -3.13. The van der Waals surface area contributed by atoms with E-state index in [1.807, 2.05) is 35.7 Å². The highest BCUT2D eigenvalue weighted by molar-refractivity contribution is 7.13. The number of amides is 1. The molecule has 0 saturated carbocycles. The minimum Gasteiger partial charge on any atom is -0.408 e. The molecule has 0 aliphatic carbocycles. The highest BCUT2D eigenvalue weighted by atomic mass is 32.1. The SMILES string of the molecule is O=C1CC(Cn2c(=O)oc3ccccc32)c2c(n[nH]c2-c2cccs2)N1. The highest BCUT2D eigenvalue weighted by Gasteiger charge is 2.32. The van der Waals surface area contributed by atoms with Crippen LogP contribution in [0.15, 0.2) is 51.0 Å². The lowest BCUT2D eigenvalue weighted by Gasteiger charge is -2.23. The van der Waals surface area contributed by atoms with Gasteiger partial charge in [0.2, 0.25) is 5.91 Å². The fourth-order valence-electron chi connectivity index (χ4n) is 3.52. The maximum atomic E-state index is 12.3. The first-order valence-corrected chi connectivity index (χ1v) is 9.09. The third-order valence-electron chi connectivity index (χ3n) is 4.65. The molecule has 0 bridgehead atoms. The summed E-state index contributed by atoms with van der Waals surface area (Å²) in [5.74, 6) is -0.156. The fraction of sp³-hybridized carbons (Fsp3) is 0.167. The van der Waals surface area contributed by atoms with Crippen molar-refractivity contribution in [1.29, 1.82) is 0 Å². The molecular formula is C18H14N4O3S. The molecule has 7 nitrogen and oxygen atoms in total. The normalized spacial score (nSPS) is 16.6. The Morgan fingerprint density at radius 1 is 1.23 bits per heavy atom. The Bertz CT molecular complexity index is 1170. The molecule has 8 heteroatoms. The van der Waals surface area contributed by atoms with Gasteiger partial charge in [0.15, 0.2) is 11.4 Å². The van der Waals surface area contributed by atoms with Crippen LogP contribution in [0.2, 0.25) is 0 Å². The van der Waals surface area contributed by atoms with E-state index in [9.17, 15) is 9.59 Å². The van der Waals surface area contributed by atoms with Crippen LogP contribution in [-0.2, 0) is 11.3 Å². The van der Waals surface area contributed by atoms with Crippen LogP contribution in [0.3, 0.4) is 0 Å². The van der Waals surface area contributed by atoms with Gasteiger partial charge in [0.05, 0.1) is 16.1 Å². The topological polar surface area (TPSA) is 92.9 Å². The summed E-state index contributed by atoms with van der Waals surface area (Å²) in [5, 5.41) is 12.1. The lowest BCUT2D eigenvalue weighted by molar-refractivity contribution is -0.116. The summed E-state index contributed by atoms with van der Waals surface area (Å²) >= 11 is 1.60. The molecule has 1 unspecified atom stereocenters. The van der Waals surface area contributed by atoms with E-state index >= 15 is 0 Å². The largest absolute Gasteiger partial charge is 0.419 e. The molecule has 0 fully saturated rings. The van der Waals surface area contributed by atoms with Gasteiger partial charge < -0.3 is 9.73 Å². The minimum absolute atomic E-state index is 0.104. The first-order valence-electron chi connectivity index (χ1n) is 8.21. The Labute approximate surface area is 151 Å². The van der Waals surface area contributed by atoms with E-state index in [1.54, 1.807) is 22.0 Å². The van der Waals surface area contributed by atoms with Crippen LogP contribution in [0.1, 0.15) is 17.9 Å². The maximum absolute atomic E-state index is 12.3. The summed E-state index contributed by atoms with van der Waals surface area (Å²) in [5.41, 5.74) is 3.10. The van der Waals surface area contributed by atoms with Crippen LogP contribution in [0.5, 0.6) is 0 Å². The first kappa shape index (κ1) is 15.2. The van der Waals surface area contributed by atoms with Gasteiger partial charge >= 0.3 is 5.76 Å². The lowest BCUT2D eigenvalue weighted by Crippen LogP contribution is -2.27. The van der Waals surface area contributed by atoms with Crippen molar-refractivity contribution in [1.82, 2.24) is 14.8 Å². The van der Waals surface area contributed by atoms with Gasteiger partial charge in [0, 0.05) is 24.4 Å². The average molecular weight is 366 g/mol. The standard InChI is InChI=1S/C18H14N4O3S/c23-14-8-10(9-22-11-4-1-2-5-12(11)25-18(22)24)15-16(13-6-3-7-26-13)20-21-17(15)19-14/h1-7,10H,8-9H2,(H2,19,20,21,23). The molecule has 1 aliphatic rings. The Morgan fingerprint density at radius 2 is 2.12 bits per heavy atom. The summed E-state index contributed by atoms with van der Waals surface area (Å²) in [6.45, 7) is 0.355. The predicted molar refractivity (Wildman–Crippen MR) is 98.4 cm³/mol. The first-order chi connectivity index (χ1) is 12.7. The van der Waals surface area contributed by atoms with Crippen molar-refractivity contribution in [2.75, 3.05) is 5.32 Å². The number of H-pyrrole nitrogens is 1. The number of hydrogen-bond acceptors (Lipinski definition) is 5. The second-order valence-corrected chi connectivity index (χ2v) is 7.18. The number of para-hydroxylation sites is 2. The van der Waals surface area contributed by atoms with E-state index in [4.69, 9.17) is 4.42 Å². The maximum Gasteiger partial charge on any atom is 0.419 e. The summed E-state index contributed by atoms with van der Waals surface area (Å²) in [4.78, 5) is 25.5. The van der Waals surface area contributed by atoms with Gasteiger partial charge in [-0.1, -0.05) is 18.2 Å². The molecule has 2 N–H and O–H groups in total. The zero-order valence-electron chi connectivity index (χ0n) is 13.6. The number of hydrogen-bond donors (Lipinski definition) is 2. The van der Waals surface area contributed by atoms with Crippen LogP contribution in [-0.4, -0.2) is 20.7 Å². The van der Waals surface area contributed by atoms with Gasteiger partial charge in [-0.05, 0) is 23.6 Å². The third-order valence-corrected chi connectivity index (χ3v) is 5.53. The van der Waals surface area contributed by atoms with E-state index < -0.39 is 5.76 Å². The van der Waals surface area contributed by atoms with Crippen molar-refractivity contribution in [3.63, 3.8) is 0 Å². The van der Waals surface area contributed by atoms with Crippen molar-refractivity contribution in [2.45, 2.75) is 18.9 Å². The number of thiophene rings is 1. The van der Waals surface area contributed by atoms with E-state index in [1.165, 1.54) is 0 Å². The molecule has 5 rings (SSSR count). The van der Waals surface area contributed by atoms with Gasteiger partial charge in [-0.2, -0.15) is 5.10 Å². The molecule has 1 atom stereocenters. The number of aromatic nitrogens is 3. The van der Waals surface area contributed by atoms with Gasteiger partial charge in [-0.25, -0.2) is 4.79 Å². The van der Waals surface area contributed by atoms with Crippen molar-refractivity contribution in [2.24, 2.45) is 0 Å². The second-order valence-electron chi connectivity index (χ2n) is 6.23. The molecular weight excluding hydrogens is 352 g/mol. The van der Waals surface area contributed by atoms with Gasteiger partial charge in [-0.15, -0.1) is 11.3 Å². The predicted octanol–water partition coefficient (Wildman–Crippen LogP) is 3.17. The van der Waals surface area contributed by atoms with Gasteiger partial charge in [-0.3, -0.25) is 14.5 Å². The number of fused-ring (bicyclic) bond motifs is 2. The number of carbonyl (C=O) groups excluding carboxylic acids is 1. The van der Waals surface area contributed by atoms with Crippen LogP contribution < -0.4 is 11.1 Å². The Balaban J connectivity index is 1.62. The number of anilines is 1. The molecule has 4 aromatic rings. The number of aromatic amines is 1. The summed E-state index contributed by atoms with van der Waals surface area (Å²) in [6.07, 6.45) is 0.289. The summed E-state index contributed by atoms with van der Waals surface area (Å²) < 4.78 is 6.92. The van der Waals surface area contributed by atoms with Gasteiger partial charge in [0.25, 0.3) is 0 Å². The van der Waals surface area contributed by atoms with E-state index in [-0.39, 0.29) is 18.2 Å². The monoisotopic (exact) mass is 366 g/mol. The van der Waals surface area contributed by atoms with Crippen LogP contribution in [0.25, 0.3) is 21.7 Å². The fourth-order valence-corrected chi connectivity index (χ4v) is 4.26. The molecule has 26 heavy (non-hydrogen) atoms. The molecule has 130 valence electrons. The Morgan fingerprint density at radius 3 is 2.96 bits per heavy atom. The molecule has 3 aromatic heterocycles. The summed E-state index contributed by atoms with van der Waals surface area (Å²) in [7, 11) is 0. The molecule has 4 heterocycles. The highest BCUT2D eigenvalue weighted by Crippen LogP contribution is 2.40. The number of nitrogens with zero attached hydrogens (tertiary/aromatic N) is 2. The number of nitrogens with one attached hydrogen (secondary N) is 2. The van der Waals surface area contributed by atoms with Crippen molar-refractivity contribution < 1.29 is 9.21 Å². The smallest absolute Gasteiger partial charge is 0.408 e. The number of rotatable bonds is 3. The number of benzene rings is 1. The van der Waals surface area contributed by atoms with E-state index in [2.05, 4.69) is 15.5 Å². The summed E-state index contributed by atoms with van der Waals surface area (Å²) in [6, 6.07) is 11.3. The number of oxazole rings is 1. The molecule has 1 amide bonds. The molecule has 1 aliphatic heterocycles. The van der Waals surface area contributed by atoms with Crippen LogP contribution in [0.4, 0.5) is 5.82 Å². The van der Waals surface area contributed by atoms with Crippen molar-refractivity contribution in [3.05, 3.63) is 57.9 Å². The lowest BCUT2D eigenvalue weighted by atomic mass is 9.91. The van der Waals surface area contributed by atoms with Crippen molar-refractivity contribution >= 4 is 34.2 Å². The minimum atomic E-state index is -0.417. The Kier molecular flexibility index (Phi) is 3.32. The van der Waals surface area contributed by atoms with Crippen molar-refractivity contribution in [3.8, 4) is 10.6 Å². The molecule has 0 saturated heterocycles. The molecule has 0 spiro atoms.